The van der Waals surface area contributed by atoms with Crippen molar-refractivity contribution in [2.45, 2.75) is 0 Å². The molecule has 0 aliphatic heterocycles. The van der Waals surface area contributed by atoms with Gasteiger partial charge in [-0.25, -0.2) is 4.58 Å². The molecule has 2 aromatic carbocycles. The summed E-state index contributed by atoms with van der Waals surface area (Å²) in [6.45, 7) is 0. The first kappa shape index (κ1) is 19.7. The van der Waals surface area contributed by atoms with Crippen LogP contribution in [0, 0.1) is 0 Å². The molecule has 0 atom stereocenters. The molecule has 0 radical (unpaired) electrons. The molecule has 3 rings (SSSR count). The van der Waals surface area contributed by atoms with Crippen LogP contribution in [-0.2, 0) is 0 Å². The Balaban J connectivity index is 2.12. The molecule has 0 heterocycles. The molecule has 144 valence electrons. The van der Waals surface area contributed by atoms with Crippen molar-refractivity contribution in [2.24, 2.45) is 0 Å². The van der Waals surface area contributed by atoms with Crippen LogP contribution in [0.3, 0.4) is 0 Å². The highest BCUT2D eigenvalue weighted by Crippen LogP contribution is 2.31. The number of allylic oxidation sites excluding steroid dienone is 5. The van der Waals surface area contributed by atoms with E-state index in [1.54, 1.807) is 0 Å². The van der Waals surface area contributed by atoms with Crippen LogP contribution in [0.4, 0.5) is 11.4 Å². The van der Waals surface area contributed by atoms with Gasteiger partial charge in [0.25, 0.3) is 0 Å². The minimum absolute atomic E-state index is 1.20. The Morgan fingerprint density at radius 1 is 0.607 bits per heavy atom. The van der Waals surface area contributed by atoms with Gasteiger partial charge in [-0.2, -0.15) is 0 Å². The normalized spacial score (nSPS) is 12.9. The Kier molecular flexibility index (Phi) is 5.84. The zero-order chi connectivity index (χ0) is 20.3. The average Bonchev–Trinajstić information content (AvgIpc) is 2.69. The molecule has 0 spiro atoms. The Morgan fingerprint density at radius 3 is 1.32 bits per heavy atom. The number of benzene rings is 2. The number of rotatable bonds is 4. The van der Waals surface area contributed by atoms with Gasteiger partial charge in [0.2, 0.25) is 0 Å². The van der Waals surface area contributed by atoms with Crippen LogP contribution in [0.1, 0.15) is 11.1 Å². The molecule has 0 fully saturated rings. The van der Waals surface area contributed by atoms with Gasteiger partial charge in [-0.15, -0.1) is 0 Å². The van der Waals surface area contributed by atoms with Gasteiger partial charge in [0, 0.05) is 51.7 Å². The Morgan fingerprint density at radius 2 is 1.00 bits per heavy atom. The molecule has 0 amide bonds. The van der Waals surface area contributed by atoms with Gasteiger partial charge in [0.15, 0.2) is 5.71 Å². The van der Waals surface area contributed by atoms with E-state index in [0.29, 0.717) is 0 Å². The van der Waals surface area contributed by atoms with Crippen LogP contribution < -0.4 is 9.80 Å². The zero-order valence-corrected chi connectivity index (χ0v) is 17.8. The maximum absolute atomic E-state index is 2.21. The SMILES string of the molecule is [13CH3]N([13CH3])c1ccc(C(=C2C=CC(=[N+]([13CH3])[13CH3])C=C2)c2ccc(N([13CH3])[13CH3])cc2)cc1. The van der Waals surface area contributed by atoms with Gasteiger partial charge in [-0.05, 0) is 58.7 Å². The largest absolute Gasteiger partial charge is 0.378 e. The van der Waals surface area contributed by atoms with Crippen LogP contribution in [-0.4, -0.2) is 52.6 Å². The minimum Gasteiger partial charge on any atom is -0.378 e. The summed E-state index contributed by atoms with van der Waals surface area (Å²) < 4.78 is 2.13. The summed E-state index contributed by atoms with van der Waals surface area (Å²) in [7, 11) is 12.4. The fourth-order valence-corrected chi connectivity index (χ4v) is 3.28. The maximum atomic E-state index is 2.21. The summed E-state index contributed by atoms with van der Waals surface area (Å²) in [4.78, 5) is 4.25. The lowest BCUT2D eigenvalue weighted by Gasteiger charge is -2.18. The maximum Gasteiger partial charge on any atom is 0.199 e. The van der Waals surface area contributed by atoms with Crippen LogP contribution in [0.2, 0.25) is 0 Å². The van der Waals surface area contributed by atoms with E-state index in [2.05, 4.69) is 129 Å². The van der Waals surface area contributed by atoms with Crippen LogP contribution in [0.15, 0.2) is 78.4 Å². The van der Waals surface area contributed by atoms with Crippen molar-refractivity contribution in [1.29, 1.82) is 0 Å². The van der Waals surface area contributed by atoms with Crippen molar-refractivity contribution < 1.29 is 4.58 Å². The van der Waals surface area contributed by atoms with Crippen molar-refractivity contribution in [2.75, 3.05) is 52.1 Å². The summed E-state index contributed by atoms with van der Waals surface area (Å²) in [5, 5.41) is 0. The van der Waals surface area contributed by atoms with Crippen LogP contribution in [0.5, 0.6) is 0 Å². The first-order valence-electron chi connectivity index (χ1n) is 9.57. The second kappa shape index (κ2) is 8.30. The third-order valence-corrected chi connectivity index (χ3v) is 5.02. The highest BCUT2D eigenvalue weighted by molar-refractivity contribution is 6.04. The molecule has 0 N–H and O–H groups in total. The molecule has 2 aromatic rings. The van der Waals surface area contributed by atoms with Crippen molar-refractivity contribution in [3.63, 3.8) is 0 Å². The smallest absolute Gasteiger partial charge is 0.199 e. The molecule has 0 bridgehead atoms. The third-order valence-electron chi connectivity index (χ3n) is 5.02. The Hall–Kier alpha value is -3.07. The first-order chi connectivity index (χ1) is 13.4. The minimum atomic E-state index is 1.20. The van der Waals surface area contributed by atoms with Gasteiger partial charge in [-0.3, -0.25) is 0 Å². The molecule has 3 heteroatoms. The van der Waals surface area contributed by atoms with E-state index in [1.165, 1.54) is 39.4 Å². The summed E-state index contributed by atoms with van der Waals surface area (Å²) >= 11 is 0. The predicted molar refractivity (Wildman–Crippen MR) is 123 cm³/mol. The fourth-order valence-electron chi connectivity index (χ4n) is 3.28. The molecule has 1 aliphatic carbocycles. The van der Waals surface area contributed by atoms with Crippen molar-refractivity contribution in [3.8, 4) is 0 Å². The van der Waals surface area contributed by atoms with Gasteiger partial charge in [0.1, 0.15) is 14.1 Å². The molecule has 0 aromatic heterocycles. The van der Waals surface area contributed by atoms with E-state index in [-0.39, 0.29) is 0 Å². The third kappa shape index (κ3) is 4.25. The highest BCUT2D eigenvalue weighted by Gasteiger charge is 2.13. The van der Waals surface area contributed by atoms with E-state index in [0.717, 1.165) is 0 Å². The summed E-state index contributed by atoms with van der Waals surface area (Å²) in [6.07, 6.45) is 8.78. The van der Waals surface area contributed by atoms with Crippen molar-refractivity contribution in [1.82, 2.24) is 0 Å². The van der Waals surface area contributed by atoms with Gasteiger partial charge in [-0.1, -0.05) is 24.3 Å². The topological polar surface area (TPSA) is 9.49 Å². The molecule has 0 saturated carbocycles. The molecule has 28 heavy (non-hydrogen) atoms. The van der Waals surface area contributed by atoms with Crippen molar-refractivity contribution in [3.05, 3.63) is 89.5 Å². The summed E-state index contributed by atoms with van der Waals surface area (Å²) in [6, 6.07) is 17.6. The lowest BCUT2D eigenvalue weighted by Crippen LogP contribution is -2.10. The number of hydrogen-bond acceptors (Lipinski definition) is 2. The van der Waals surface area contributed by atoms with Gasteiger partial charge in [0.05, 0.1) is 0 Å². The molecule has 0 unspecified atom stereocenters. The number of nitrogens with zero attached hydrogens (tertiary/aromatic N) is 3. The molecule has 1 aliphatic rings. The molecule has 3 nitrogen and oxygen atoms in total. The molecular weight excluding hydrogens is 348 g/mol. The first-order valence-corrected chi connectivity index (χ1v) is 9.57. The predicted octanol–water partition coefficient (Wildman–Crippen LogP) is 4.46. The van der Waals surface area contributed by atoms with Crippen LogP contribution >= 0.6 is 0 Å². The Bertz CT molecular complexity index is 878. The average molecular weight is 378 g/mol. The lowest BCUT2D eigenvalue weighted by atomic mass is 9.90. The molecular formula is C25H30N3+. The second-order valence-corrected chi connectivity index (χ2v) is 7.70. The standard InChI is InChI=1S/C25H30N3/c1-26(2)22-13-7-19(8-14-22)25(20-9-15-23(16-10-20)27(3)4)21-11-17-24(18-12-21)28(5)6/h7-18H,1-6H3/q+1/i1+1,2+1,3+1,4+1,5+1,6+1. The van der Waals surface area contributed by atoms with E-state index in [4.69, 9.17) is 0 Å². The quantitative estimate of drug-likeness (QED) is 0.574. The van der Waals surface area contributed by atoms with E-state index in [9.17, 15) is 0 Å². The van der Waals surface area contributed by atoms with Gasteiger partial charge >= 0.3 is 0 Å². The lowest BCUT2D eigenvalue weighted by molar-refractivity contribution is -0.462. The second-order valence-electron chi connectivity index (χ2n) is 7.70. The number of hydrogen-bond donors (Lipinski definition) is 0. The highest BCUT2D eigenvalue weighted by atomic mass is 15.3. The van der Waals surface area contributed by atoms with Crippen LogP contribution in [0.25, 0.3) is 5.57 Å². The molecule has 0 saturated heterocycles. The van der Waals surface area contributed by atoms with Gasteiger partial charge < -0.3 is 9.80 Å². The fraction of sp³-hybridized carbons (Fsp3) is 0.240. The van der Waals surface area contributed by atoms with E-state index >= 15 is 0 Å². The number of anilines is 2. The zero-order valence-electron chi connectivity index (χ0n) is 17.8. The summed E-state index contributed by atoms with van der Waals surface area (Å²) in [5.74, 6) is 0. The van der Waals surface area contributed by atoms with Crippen molar-refractivity contribution >= 4 is 22.7 Å². The van der Waals surface area contributed by atoms with E-state index in [1.807, 2.05) is 0 Å². The van der Waals surface area contributed by atoms with E-state index < -0.39 is 0 Å². The Labute approximate surface area is 169 Å². The summed E-state index contributed by atoms with van der Waals surface area (Å²) in [5.41, 5.74) is 8.53. The monoisotopic (exact) mass is 378 g/mol.